The van der Waals surface area contributed by atoms with Crippen molar-refractivity contribution in [2.24, 2.45) is 0 Å². The van der Waals surface area contributed by atoms with E-state index in [4.69, 9.17) is 0 Å². The topological polar surface area (TPSA) is 29.1 Å². The summed E-state index contributed by atoms with van der Waals surface area (Å²) in [6, 6.07) is 14.2. The van der Waals surface area contributed by atoms with E-state index in [0.717, 1.165) is 29.2 Å². The van der Waals surface area contributed by atoms with Crippen LogP contribution in [0.1, 0.15) is 36.0 Å². The zero-order chi connectivity index (χ0) is 13.9. The first kappa shape index (κ1) is 13.6. The summed E-state index contributed by atoms with van der Waals surface area (Å²) in [7, 11) is 0. The van der Waals surface area contributed by atoms with Gasteiger partial charge in [-0.1, -0.05) is 65.2 Å². The molecule has 2 aromatic rings. The van der Waals surface area contributed by atoms with E-state index in [1.807, 2.05) is 42.5 Å². The summed E-state index contributed by atoms with van der Waals surface area (Å²) < 4.78 is 0. The van der Waals surface area contributed by atoms with Gasteiger partial charge in [0.1, 0.15) is 0 Å². The van der Waals surface area contributed by atoms with Crippen LogP contribution >= 0.6 is 15.9 Å². The van der Waals surface area contributed by atoms with Crippen molar-refractivity contribution in [3.8, 4) is 0 Å². The Labute approximate surface area is 127 Å². The molecule has 3 heteroatoms. The quantitative estimate of drug-likeness (QED) is 0.818. The summed E-state index contributed by atoms with van der Waals surface area (Å²) in [5.74, 6) is 0.0400. The summed E-state index contributed by atoms with van der Waals surface area (Å²) in [6.45, 7) is 0. The van der Waals surface area contributed by atoms with Gasteiger partial charge in [-0.25, -0.2) is 0 Å². The van der Waals surface area contributed by atoms with Gasteiger partial charge < -0.3 is 5.32 Å². The number of hydrogen-bond donors (Lipinski definition) is 1. The fourth-order valence-corrected chi connectivity index (χ4v) is 3.64. The molecule has 0 aromatic heterocycles. The van der Waals surface area contributed by atoms with Crippen LogP contribution in [0.2, 0.25) is 0 Å². The van der Waals surface area contributed by atoms with Crippen molar-refractivity contribution in [2.45, 2.75) is 36.6 Å². The molecule has 2 unspecified atom stereocenters. The van der Waals surface area contributed by atoms with Crippen molar-refractivity contribution in [3.63, 3.8) is 0 Å². The highest BCUT2D eigenvalue weighted by Gasteiger charge is 2.24. The molecule has 1 fully saturated rings. The van der Waals surface area contributed by atoms with E-state index in [-0.39, 0.29) is 11.9 Å². The van der Waals surface area contributed by atoms with Gasteiger partial charge in [-0.15, -0.1) is 0 Å². The molecule has 2 nitrogen and oxygen atoms in total. The van der Waals surface area contributed by atoms with Gasteiger partial charge in [0, 0.05) is 16.4 Å². The molecule has 1 amide bonds. The van der Waals surface area contributed by atoms with Gasteiger partial charge in [-0.2, -0.15) is 0 Å². The molecule has 3 rings (SSSR count). The van der Waals surface area contributed by atoms with E-state index < -0.39 is 0 Å². The summed E-state index contributed by atoms with van der Waals surface area (Å²) >= 11 is 3.69. The number of nitrogens with one attached hydrogen (secondary N) is 1. The molecule has 2 aromatic carbocycles. The Hall–Kier alpha value is -1.35. The average molecular weight is 332 g/mol. The zero-order valence-electron chi connectivity index (χ0n) is 11.3. The van der Waals surface area contributed by atoms with Gasteiger partial charge in [0.25, 0.3) is 5.91 Å². The molecule has 0 radical (unpaired) electrons. The Balaban J connectivity index is 1.85. The second kappa shape index (κ2) is 5.96. The summed E-state index contributed by atoms with van der Waals surface area (Å²) in [4.78, 5) is 12.9. The monoisotopic (exact) mass is 331 g/mol. The normalized spacial score (nSPS) is 22.6. The van der Waals surface area contributed by atoms with Crippen molar-refractivity contribution in [1.29, 1.82) is 0 Å². The number of rotatable bonds is 2. The highest BCUT2D eigenvalue weighted by Crippen LogP contribution is 2.25. The maximum atomic E-state index is 12.5. The molecular formula is C17H18BrNO. The van der Waals surface area contributed by atoms with E-state index in [2.05, 4.69) is 21.2 Å². The SMILES string of the molecule is O=C(NC1CCCCC1Br)c1cccc2ccccc12. The van der Waals surface area contributed by atoms with Crippen molar-refractivity contribution in [1.82, 2.24) is 5.32 Å². The first-order valence-electron chi connectivity index (χ1n) is 7.18. The Morgan fingerprint density at radius 1 is 1.05 bits per heavy atom. The molecule has 0 spiro atoms. The molecule has 1 saturated carbocycles. The third kappa shape index (κ3) is 2.73. The van der Waals surface area contributed by atoms with Crippen LogP contribution < -0.4 is 5.32 Å². The van der Waals surface area contributed by atoms with Gasteiger partial charge in [0.15, 0.2) is 0 Å². The molecule has 2 atom stereocenters. The van der Waals surface area contributed by atoms with Crippen molar-refractivity contribution in [2.75, 3.05) is 0 Å². The van der Waals surface area contributed by atoms with E-state index in [9.17, 15) is 4.79 Å². The molecule has 1 N–H and O–H groups in total. The predicted octanol–water partition coefficient (Wildman–Crippen LogP) is 4.28. The lowest BCUT2D eigenvalue weighted by Crippen LogP contribution is -2.42. The summed E-state index contributed by atoms with van der Waals surface area (Å²) in [6.07, 6.45) is 4.64. The van der Waals surface area contributed by atoms with Crippen LogP contribution in [0.3, 0.4) is 0 Å². The molecule has 1 aliphatic carbocycles. The lowest BCUT2D eigenvalue weighted by Gasteiger charge is -2.28. The third-order valence-corrected chi connectivity index (χ3v) is 5.13. The minimum absolute atomic E-state index is 0.0400. The predicted molar refractivity (Wildman–Crippen MR) is 86.4 cm³/mol. The van der Waals surface area contributed by atoms with Crippen molar-refractivity contribution in [3.05, 3.63) is 48.0 Å². The highest BCUT2D eigenvalue weighted by molar-refractivity contribution is 9.09. The lowest BCUT2D eigenvalue weighted by molar-refractivity contribution is 0.0931. The molecule has 0 bridgehead atoms. The second-order valence-corrected chi connectivity index (χ2v) is 6.58. The smallest absolute Gasteiger partial charge is 0.252 e. The van der Waals surface area contributed by atoms with Crippen molar-refractivity contribution < 1.29 is 4.79 Å². The minimum atomic E-state index is 0.0400. The molecule has 0 aliphatic heterocycles. The first-order chi connectivity index (χ1) is 9.75. The van der Waals surface area contributed by atoms with Crippen LogP contribution in [0.15, 0.2) is 42.5 Å². The largest absolute Gasteiger partial charge is 0.348 e. The van der Waals surface area contributed by atoms with Crippen LogP contribution in [-0.4, -0.2) is 16.8 Å². The number of benzene rings is 2. The number of alkyl halides is 1. The van der Waals surface area contributed by atoms with E-state index in [0.29, 0.717) is 4.83 Å². The third-order valence-electron chi connectivity index (χ3n) is 4.03. The second-order valence-electron chi connectivity index (χ2n) is 5.41. The molecule has 0 saturated heterocycles. The number of carbonyl (C=O) groups is 1. The van der Waals surface area contributed by atoms with E-state index in [1.165, 1.54) is 12.8 Å². The average Bonchev–Trinajstić information content (AvgIpc) is 2.49. The minimum Gasteiger partial charge on any atom is -0.348 e. The fraction of sp³-hybridized carbons (Fsp3) is 0.353. The van der Waals surface area contributed by atoms with Gasteiger partial charge in [0.2, 0.25) is 0 Å². The molecular weight excluding hydrogens is 314 g/mol. The van der Waals surface area contributed by atoms with Crippen LogP contribution in [0.4, 0.5) is 0 Å². The summed E-state index contributed by atoms with van der Waals surface area (Å²) in [5.41, 5.74) is 0.772. The standard InChI is InChI=1S/C17H18BrNO/c18-15-10-3-4-11-16(15)19-17(20)14-9-5-7-12-6-1-2-8-13(12)14/h1-2,5-9,15-16H,3-4,10-11H2,(H,19,20). The van der Waals surface area contributed by atoms with Crippen LogP contribution in [0, 0.1) is 0 Å². The summed E-state index contributed by atoms with van der Waals surface area (Å²) in [5, 5.41) is 5.32. The highest BCUT2D eigenvalue weighted by atomic mass is 79.9. The van der Waals surface area contributed by atoms with Crippen LogP contribution in [0.25, 0.3) is 10.8 Å². The molecule has 0 heterocycles. The Morgan fingerprint density at radius 3 is 2.65 bits per heavy atom. The number of amides is 1. The Bertz CT molecular complexity index is 620. The van der Waals surface area contributed by atoms with Crippen LogP contribution in [-0.2, 0) is 0 Å². The number of halogens is 1. The zero-order valence-corrected chi connectivity index (χ0v) is 12.9. The number of hydrogen-bond acceptors (Lipinski definition) is 1. The maximum absolute atomic E-state index is 12.5. The van der Waals surface area contributed by atoms with Gasteiger partial charge >= 0.3 is 0 Å². The van der Waals surface area contributed by atoms with E-state index in [1.54, 1.807) is 0 Å². The van der Waals surface area contributed by atoms with Gasteiger partial charge in [-0.05, 0) is 29.7 Å². The van der Waals surface area contributed by atoms with Crippen LogP contribution in [0.5, 0.6) is 0 Å². The fourth-order valence-electron chi connectivity index (χ4n) is 2.92. The molecule has 104 valence electrons. The molecule has 20 heavy (non-hydrogen) atoms. The number of fused-ring (bicyclic) bond motifs is 1. The van der Waals surface area contributed by atoms with E-state index >= 15 is 0 Å². The Kier molecular flexibility index (Phi) is 4.06. The Morgan fingerprint density at radius 2 is 1.80 bits per heavy atom. The molecule has 1 aliphatic rings. The maximum Gasteiger partial charge on any atom is 0.252 e. The number of carbonyl (C=O) groups excluding carboxylic acids is 1. The van der Waals surface area contributed by atoms with Crippen molar-refractivity contribution >= 4 is 32.6 Å². The van der Waals surface area contributed by atoms with Gasteiger partial charge in [-0.3, -0.25) is 4.79 Å². The van der Waals surface area contributed by atoms with Gasteiger partial charge in [0.05, 0.1) is 0 Å². The first-order valence-corrected chi connectivity index (χ1v) is 8.10. The lowest BCUT2D eigenvalue weighted by atomic mass is 9.94.